The monoisotopic (exact) mass is 267 g/mol. The van der Waals surface area contributed by atoms with Crippen LogP contribution in [0.3, 0.4) is 0 Å². The zero-order valence-corrected chi connectivity index (χ0v) is 10.5. The Hall–Kier alpha value is -0.800. The summed E-state index contributed by atoms with van der Waals surface area (Å²) in [6, 6.07) is 4.25. The SMILES string of the molecule is CNCCc1coc2c(Br)cc(C)cc12. The van der Waals surface area contributed by atoms with Crippen LogP contribution in [0.1, 0.15) is 11.1 Å². The fourth-order valence-electron chi connectivity index (χ4n) is 1.73. The van der Waals surface area contributed by atoms with E-state index in [9.17, 15) is 0 Å². The maximum Gasteiger partial charge on any atom is 0.148 e. The maximum absolute atomic E-state index is 5.56. The minimum absolute atomic E-state index is 0.951. The molecule has 1 heterocycles. The van der Waals surface area contributed by atoms with Gasteiger partial charge in [0.15, 0.2) is 0 Å². The summed E-state index contributed by atoms with van der Waals surface area (Å²) in [6.45, 7) is 3.07. The molecule has 0 unspecified atom stereocenters. The molecule has 0 atom stereocenters. The number of benzene rings is 1. The molecule has 80 valence electrons. The van der Waals surface area contributed by atoms with E-state index < -0.39 is 0 Å². The molecule has 15 heavy (non-hydrogen) atoms. The lowest BCUT2D eigenvalue weighted by atomic mass is 10.1. The molecule has 0 fully saturated rings. The Morgan fingerprint density at radius 1 is 1.40 bits per heavy atom. The minimum atomic E-state index is 0.951. The number of nitrogens with one attached hydrogen (secondary N) is 1. The predicted octanol–water partition coefficient (Wildman–Crippen LogP) is 3.27. The van der Waals surface area contributed by atoms with Crippen LogP contribution in [0.2, 0.25) is 0 Å². The predicted molar refractivity (Wildman–Crippen MR) is 66.3 cm³/mol. The zero-order valence-electron chi connectivity index (χ0n) is 8.93. The standard InChI is InChI=1S/C12H14BrNO/c1-8-5-10-9(3-4-14-2)7-15-12(10)11(13)6-8/h5-7,14H,3-4H2,1-2H3. The summed E-state index contributed by atoms with van der Waals surface area (Å²) in [7, 11) is 1.96. The van der Waals surface area contributed by atoms with Crippen molar-refractivity contribution in [2.45, 2.75) is 13.3 Å². The summed E-state index contributed by atoms with van der Waals surface area (Å²) in [4.78, 5) is 0. The molecule has 0 saturated carbocycles. The number of furan rings is 1. The van der Waals surface area contributed by atoms with Crippen LogP contribution < -0.4 is 5.32 Å². The fourth-order valence-corrected chi connectivity index (χ4v) is 2.40. The van der Waals surface area contributed by atoms with Gasteiger partial charge in [-0.05, 0) is 66.1 Å². The first-order chi connectivity index (χ1) is 7.22. The third-order valence-corrected chi connectivity index (χ3v) is 3.09. The van der Waals surface area contributed by atoms with E-state index in [4.69, 9.17) is 4.42 Å². The summed E-state index contributed by atoms with van der Waals surface area (Å²) in [5.41, 5.74) is 3.47. The third-order valence-electron chi connectivity index (χ3n) is 2.50. The first kappa shape index (κ1) is 10.7. The van der Waals surface area contributed by atoms with Crippen molar-refractivity contribution < 1.29 is 4.42 Å². The second-order valence-corrected chi connectivity index (χ2v) is 4.59. The molecule has 0 bridgehead atoms. The van der Waals surface area contributed by atoms with Crippen LogP contribution in [0.25, 0.3) is 11.0 Å². The first-order valence-corrected chi connectivity index (χ1v) is 5.82. The molecule has 0 aliphatic carbocycles. The van der Waals surface area contributed by atoms with Crippen molar-refractivity contribution in [2.24, 2.45) is 0 Å². The molecular formula is C12H14BrNO. The molecule has 0 aliphatic heterocycles. The van der Waals surface area contributed by atoms with Crippen LogP contribution >= 0.6 is 15.9 Å². The Balaban J connectivity index is 2.49. The Kier molecular flexibility index (Phi) is 3.12. The van der Waals surface area contributed by atoms with E-state index in [1.165, 1.54) is 16.5 Å². The molecule has 0 radical (unpaired) electrons. The highest BCUT2D eigenvalue weighted by Crippen LogP contribution is 2.29. The average Bonchev–Trinajstić information content (AvgIpc) is 2.58. The summed E-state index contributed by atoms with van der Waals surface area (Å²) < 4.78 is 6.59. The van der Waals surface area contributed by atoms with Crippen molar-refractivity contribution >= 4 is 26.9 Å². The zero-order chi connectivity index (χ0) is 10.8. The van der Waals surface area contributed by atoms with Gasteiger partial charge in [-0.15, -0.1) is 0 Å². The molecule has 0 saturated heterocycles. The number of hydrogen-bond acceptors (Lipinski definition) is 2. The summed E-state index contributed by atoms with van der Waals surface area (Å²) >= 11 is 3.52. The minimum Gasteiger partial charge on any atom is -0.463 e. The van der Waals surface area contributed by atoms with Crippen molar-refractivity contribution in [3.63, 3.8) is 0 Å². The van der Waals surface area contributed by atoms with Crippen LogP contribution in [0.5, 0.6) is 0 Å². The topological polar surface area (TPSA) is 25.2 Å². The first-order valence-electron chi connectivity index (χ1n) is 5.03. The van der Waals surface area contributed by atoms with Crippen LogP contribution in [0.4, 0.5) is 0 Å². The smallest absolute Gasteiger partial charge is 0.148 e. The molecule has 1 N–H and O–H groups in total. The van der Waals surface area contributed by atoms with E-state index in [2.05, 4.69) is 40.3 Å². The summed E-state index contributed by atoms with van der Waals surface area (Å²) in [5.74, 6) is 0. The van der Waals surface area contributed by atoms with Crippen molar-refractivity contribution in [1.29, 1.82) is 0 Å². The Morgan fingerprint density at radius 3 is 2.93 bits per heavy atom. The molecule has 0 aliphatic rings. The van der Waals surface area contributed by atoms with Gasteiger partial charge in [0.05, 0.1) is 10.7 Å². The van der Waals surface area contributed by atoms with Gasteiger partial charge in [0.25, 0.3) is 0 Å². The number of likely N-dealkylation sites (N-methyl/N-ethyl adjacent to an activating group) is 1. The maximum atomic E-state index is 5.56. The number of fused-ring (bicyclic) bond motifs is 1. The highest BCUT2D eigenvalue weighted by atomic mass is 79.9. The van der Waals surface area contributed by atoms with Gasteiger partial charge in [0, 0.05) is 5.39 Å². The van der Waals surface area contributed by atoms with Crippen molar-refractivity contribution in [1.82, 2.24) is 5.32 Å². The van der Waals surface area contributed by atoms with Gasteiger partial charge in [0.1, 0.15) is 5.58 Å². The molecule has 2 nitrogen and oxygen atoms in total. The quantitative estimate of drug-likeness (QED) is 0.924. The van der Waals surface area contributed by atoms with Crippen molar-refractivity contribution in [3.8, 4) is 0 Å². The second-order valence-electron chi connectivity index (χ2n) is 3.74. The molecule has 1 aromatic heterocycles. The fraction of sp³-hybridized carbons (Fsp3) is 0.333. The normalized spacial score (nSPS) is 11.1. The summed E-state index contributed by atoms with van der Waals surface area (Å²) in [6.07, 6.45) is 2.85. The van der Waals surface area contributed by atoms with E-state index in [-0.39, 0.29) is 0 Å². The van der Waals surface area contributed by atoms with Crippen LogP contribution in [0.15, 0.2) is 27.3 Å². The van der Waals surface area contributed by atoms with Crippen LogP contribution in [-0.4, -0.2) is 13.6 Å². The van der Waals surface area contributed by atoms with Gasteiger partial charge in [0.2, 0.25) is 0 Å². The van der Waals surface area contributed by atoms with Gasteiger partial charge >= 0.3 is 0 Å². The molecule has 0 spiro atoms. The van der Waals surface area contributed by atoms with Gasteiger partial charge in [-0.2, -0.15) is 0 Å². The Labute approximate surface area is 97.8 Å². The lowest BCUT2D eigenvalue weighted by Crippen LogP contribution is -2.09. The van der Waals surface area contributed by atoms with E-state index in [1.807, 2.05) is 13.3 Å². The van der Waals surface area contributed by atoms with Gasteiger partial charge in [-0.25, -0.2) is 0 Å². The van der Waals surface area contributed by atoms with Crippen molar-refractivity contribution in [2.75, 3.05) is 13.6 Å². The number of halogens is 1. The lowest BCUT2D eigenvalue weighted by Gasteiger charge is -1.99. The van der Waals surface area contributed by atoms with Gasteiger partial charge in [-0.1, -0.05) is 0 Å². The molecule has 3 heteroatoms. The highest BCUT2D eigenvalue weighted by molar-refractivity contribution is 9.10. The van der Waals surface area contributed by atoms with E-state index in [0.29, 0.717) is 0 Å². The number of aryl methyl sites for hydroxylation is 1. The van der Waals surface area contributed by atoms with E-state index in [0.717, 1.165) is 23.0 Å². The number of hydrogen-bond donors (Lipinski definition) is 1. The largest absolute Gasteiger partial charge is 0.463 e. The van der Waals surface area contributed by atoms with Crippen molar-refractivity contribution in [3.05, 3.63) is 34.0 Å². The third kappa shape index (κ3) is 2.08. The van der Waals surface area contributed by atoms with Gasteiger partial charge < -0.3 is 9.73 Å². The van der Waals surface area contributed by atoms with Crippen LogP contribution in [0, 0.1) is 6.92 Å². The Morgan fingerprint density at radius 2 is 2.20 bits per heavy atom. The molecular weight excluding hydrogens is 254 g/mol. The lowest BCUT2D eigenvalue weighted by molar-refractivity contribution is 0.607. The van der Waals surface area contributed by atoms with E-state index in [1.54, 1.807) is 0 Å². The number of rotatable bonds is 3. The molecule has 1 aromatic carbocycles. The molecule has 2 rings (SSSR count). The molecule has 2 aromatic rings. The molecule has 0 amide bonds. The average molecular weight is 268 g/mol. The van der Waals surface area contributed by atoms with Crippen LogP contribution in [-0.2, 0) is 6.42 Å². The Bertz CT molecular complexity index is 476. The highest BCUT2D eigenvalue weighted by Gasteiger charge is 2.08. The van der Waals surface area contributed by atoms with Gasteiger partial charge in [-0.3, -0.25) is 0 Å². The summed E-state index contributed by atoms with van der Waals surface area (Å²) in [5, 5.41) is 4.37. The second kappa shape index (κ2) is 4.37. The van der Waals surface area contributed by atoms with E-state index >= 15 is 0 Å².